The summed E-state index contributed by atoms with van der Waals surface area (Å²) in [4.78, 5) is 11.7. The van der Waals surface area contributed by atoms with E-state index < -0.39 is 5.41 Å². The van der Waals surface area contributed by atoms with Crippen LogP contribution >= 0.6 is 0 Å². The maximum absolute atomic E-state index is 11.7. The molecule has 0 bridgehead atoms. The number of carbonyl (C=O) groups excluding carboxylic acids is 1. The van der Waals surface area contributed by atoms with Crippen molar-refractivity contribution in [1.29, 1.82) is 0 Å². The van der Waals surface area contributed by atoms with Crippen LogP contribution in [0.25, 0.3) is 0 Å². The van der Waals surface area contributed by atoms with E-state index in [-0.39, 0.29) is 18.6 Å². The van der Waals surface area contributed by atoms with E-state index in [2.05, 4.69) is 5.32 Å². The Balaban J connectivity index is 2.42. The van der Waals surface area contributed by atoms with Gasteiger partial charge in [-0.1, -0.05) is 0 Å². The first-order valence-electron chi connectivity index (χ1n) is 4.84. The number of aliphatic hydroxyl groups excluding tert-OH is 1. The maximum Gasteiger partial charge on any atom is 0.229 e. The average molecular weight is 202 g/mol. The van der Waals surface area contributed by atoms with Crippen LogP contribution in [0.3, 0.4) is 0 Å². The molecule has 2 unspecified atom stereocenters. The van der Waals surface area contributed by atoms with Crippen molar-refractivity contribution in [3.8, 4) is 0 Å². The second-order valence-corrected chi connectivity index (χ2v) is 3.87. The van der Waals surface area contributed by atoms with Crippen LogP contribution in [-0.4, -0.2) is 43.4 Å². The minimum absolute atomic E-state index is 0.0829. The molecule has 4 N–H and O–H groups in total. The van der Waals surface area contributed by atoms with Gasteiger partial charge >= 0.3 is 0 Å². The van der Waals surface area contributed by atoms with E-state index in [9.17, 15) is 4.79 Å². The van der Waals surface area contributed by atoms with Crippen LogP contribution < -0.4 is 11.1 Å². The number of nitrogens with one attached hydrogen (secondary N) is 1. The molecule has 1 fully saturated rings. The minimum atomic E-state index is -0.616. The van der Waals surface area contributed by atoms with Crippen LogP contribution in [0.5, 0.6) is 0 Å². The molecular formula is C9H18N2O3. The molecule has 0 aromatic carbocycles. The molecule has 1 saturated heterocycles. The molecule has 1 aliphatic rings. The van der Waals surface area contributed by atoms with Gasteiger partial charge in [-0.3, -0.25) is 4.79 Å². The van der Waals surface area contributed by atoms with Crippen molar-refractivity contribution in [1.82, 2.24) is 5.32 Å². The van der Waals surface area contributed by atoms with Gasteiger partial charge in [0.15, 0.2) is 0 Å². The summed E-state index contributed by atoms with van der Waals surface area (Å²) in [5, 5.41) is 11.3. The van der Waals surface area contributed by atoms with E-state index >= 15 is 0 Å². The number of carbonyl (C=O) groups is 1. The summed E-state index contributed by atoms with van der Waals surface area (Å²) in [5.74, 6) is -0.0871. The van der Waals surface area contributed by atoms with Gasteiger partial charge in [0.2, 0.25) is 5.91 Å². The Labute approximate surface area is 83.6 Å². The maximum atomic E-state index is 11.7. The van der Waals surface area contributed by atoms with Gasteiger partial charge in [0.1, 0.15) is 0 Å². The largest absolute Gasteiger partial charge is 0.396 e. The van der Waals surface area contributed by atoms with Crippen LogP contribution in [0.4, 0.5) is 0 Å². The van der Waals surface area contributed by atoms with E-state index in [0.717, 1.165) is 0 Å². The number of hydrogen-bond donors (Lipinski definition) is 3. The smallest absolute Gasteiger partial charge is 0.229 e. The molecule has 1 amide bonds. The lowest BCUT2D eigenvalue weighted by atomic mass is 9.85. The highest BCUT2D eigenvalue weighted by molar-refractivity contribution is 5.83. The van der Waals surface area contributed by atoms with Crippen LogP contribution in [-0.2, 0) is 9.53 Å². The lowest BCUT2D eigenvalue weighted by molar-refractivity contribution is -0.130. The van der Waals surface area contributed by atoms with Crippen molar-refractivity contribution in [2.45, 2.75) is 19.4 Å². The molecule has 0 spiro atoms. The van der Waals surface area contributed by atoms with Gasteiger partial charge in [-0.2, -0.15) is 0 Å². The van der Waals surface area contributed by atoms with Crippen molar-refractivity contribution in [3.05, 3.63) is 0 Å². The summed E-state index contributed by atoms with van der Waals surface area (Å²) in [7, 11) is 0. The van der Waals surface area contributed by atoms with Gasteiger partial charge in [0, 0.05) is 19.2 Å². The molecule has 1 heterocycles. The summed E-state index contributed by atoms with van der Waals surface area (Å²) in [6.45, 7) is 3.18. The van der Waals surface area contributed by atoms with Crippen molar-refractivity contribution < 1.29 is 14.6 Å². The summed E-state index contributed by atoms with van der Waals surface area (Å²) in [5.41, 5.74) is 5.17. The summed E-state index contributed by atoms with van der Waals surface area (Å²) >= 11 is 0. The summed E-state index contributed by atoms with van der Waals surface area (Å²) in [6, 6.07) is -0.239. The third kappa shape index (κ3) is 2.23. The molecule has 1 rings (SSSR count). The van der Waals surface area contributed by atoms with Crippen molar-refractivity contribution >= 4 is 5.91 Å². The number of ether oxygens (including phenoxy) is 1. The predicted octanol–water partition coefficient (Wildman–Crippen LogP) is -1.15. The Hall–Kier alpha value is -0.650. The number of amides is 1. The minimum Gasteiger partial charge on any atom is -0.396 e. The zero-order chi connectivity index (χ0) is 10.6. The van der Waals surface area contributed by atoms with E-state index in [4.69, 9.17) is 15.6 Å². The number of nitrogens with two attached hydrogens (primary N) is 1. The second kappa shape index (κ2) is 4.72. The monoisotopic (exact) mass is 202 g/mol. The van der Waals surface area contributed by atoms with Gasteiger partial charge in [0.25, 0.3) is 0 Å². The fraction of sp³-hybridized carbons (Fsp3) is 0.889. The van der Waals surface area contributed by atoms with Gasteiger partial charge in [0.05, 0.1) is 18.6 Å². The fourth-order valence-corrected chi connectivity index (χ4v) is 1.41. The van der Waals surface area contributed by atoms with E-state index in [1.165, 1.54) is 0 Å². The van der Waals surface area contributed by atoms with Crippen molar-refractivity contribution in [2.24, 2.45) is 11.1 Å². The molecule has 0 aromatic heterocycles. The summed E-state index contributed by atoms with van der Waals surface area (Å²) in [6.07, 6.45) is 0.567. The molecule has 5 heteroatoms. The Bertz CT molecular complexity index is 210. The molecule has 82 valence electrons. The van der Waals surface area contributed by atoms with Gasteiger partial charge in [-0.25, -0.2) is 0 Å². The number of aliphatic hydroxyl groups is 1. The van der Waals surface area contributed by atoms with Crippen molar-refractivity contribution in [2.75, 3.05) is 26.4 Å². The lowest BCUT2D eigenvalue weighted by Crippen LogP contribution is -2.50. The molecule has 14 heavy (non-hydrogen) atoms. The predicted molar refractivity (Wildman–Crippen MR) is 51.6 cm³/mol. The normalized spacial score (nSPS) is 31.8. The fourth-order valence-electron chi connectivity index (χ4n) is 1.41. The van der Waals surface area contributed by atoms with E-state index in [0.29, 0.717) is 26.2 Å². The average Bonchev–Trinajstić information content (AvgIpc) is 2.49. The highest BCUT2D eigenvalue weighted by Gasteiger charge is 2.43. The molecule has 0 aromatic rings. The van der Waals surface area contributed by atoms with Crippen LogP contribution in [0, 0.1) is 5.41 Å². The van der Waals surface area contributed by atoms with E-state index in [1.54, 1.807) is 6.92 Å². The molecule has 0 radical (unpaired) electrons. The standard InChI is InChI=1S/C9H18N2O3/c1-9(6-14-5-7(9)10)8(13)11-3-2-4-12/h7,12H,2-6,10H2,1H3,(H,11,13). The third-order valence-electron chi connectivity index (χ3n) is 2.66. The van der Waals surface area contributed by atoms with Crippen LogP contribution in [0.2, 0.25) is 0 Å². The first-order valence-corrected chi connectivity index (χ1v) is 4.84. The van der Waals surface area contributed by atoms with Crippen LogP contribution in [0.15, 0.2) is 0 Å². The van der Waals surface area contributed by atoms with Gasteiger partial charge in [-0.15, -0.1) is 0 Å². The van der Waals surface area contributed by atoms with E-state index in [1.807, 2.05) is 0 Å². The Kier molecular flexibility index (Phi) is 3.86. The number of hydrogen-bond acceptors (Lipinski definition) is 4. The molecule has 2 atom stereocenters. The molecule has 1 aliphatic heterocycles. The number of rotatable bonds is 4. The molecular weight excluding hydrogens is 184 g/mol. The van der Waals surface area contributed by atoms with Crippen LogP contribution in [0.1, 0.15) is 13.3 Å². The summed E-state index contributed by atoms with van der Waals surface area (Å²) < 4.78 is 5.16. The Morgan fingerprint density at radius 3 is 3.00 bits per heavy atom. The highest BCUT2D eigenvalue weighted by Crippen LogP contribution is 2.26. The first kappa shape index (κ1) is 11.4. The van der Waals surface area contributed by atoms with Crippen molar-refractivity contribution in [3.63, 3.8) is 0 Å². The zero-order valence-corrected chi connectivity index (χ0v) is 8.45. The van der Waals surface area contributed by atoms with Gasteiger partial charge in [-0.05, 0) is 13.3 Å². The molecule has 0 saturated carbocycles. The third-order valence-corrected chi connectivity index (χ3v) is 2.66. The SMILES string of the molecule is CC1(C(=O)NCCCO)COCC1N. The lowest BCUT2D eigenvalue weighted by Gasteiger charge is -2.25. The first-order chi connectivity index (χ1) is 6.61. The quantitative estimate of drug-likeness (QED) is 0.502. The molecule has 5 nitrogen and oxygen atoms in total. The Morgan fingerprint density at radius 1 is 1.79 bits per heavy atom. The highest BCUT2D eigenvalue weighted by atomic mass is 16.5. The second-order valence-electron chi connectivity index (χ2n) is 3.87. The molecule has 0 aliphatic carbocycles. The van der Waals surface area contributed by atoms with Gasteiger partial charge < -0.3 is 20.9 Å². The zero-order valence-electron chi connectivity index (χ0n) is 8.45. The Morgan fingerprint density at radius 2 is 2.50 bits per heavy atom. The topological polar surface area (TPSA) is 84.6 Å².